The van der Waals surface area contributed by atoms with Crippen LogP contribution in [0.25, 0.3) is 98.8 Å². The van der Waals surface area contributed by atoms with Crippen molar-refractivity contribution in [1.82, 2.24) is 9.13 Å². The van der Waals surface area contributed by atoms with Gasteiger partial charge >= 0.3 is 0 Å². The van der Waals surface area contributed by atoms with Gasteiger partial charge in [0.25, 0.3) is 0 Å². The van der Waals surface area contributed by atoms with Crippen LogP contribution in [0.1, 0.15) is 0 Å². The molecular weight excluding hydrogens is 629 g/mol. The highest BCUT2D eigenvalue weighted by Crippen LogP contribution is 2.41. The fraction of sp³-hybridized carbons (Fsp3) is 0. The molecule has 0 saturated carbocycles. The number of hydrogen-bond donors (Lipinski definition) is 0. The predicted octanol–water partition coefficient (Wildman–Crippen LogP) is 13.5. The van der Waals surface area contributed by atoms with E-state index < -0.39 is 0 Å². The number of aromatic nitrogens is 2. The first-order valence-electron chi connectivity index (χ1n) is 17.9. The van der Waals surface area contributed by atoms with Crippen LogP contribution in [-0.2, 0) is 0 Å². The molecule has 0 amide bonds. The van der Waals surface area contributed by atoms with Crippen LogP contribution in [0.5, 0.6) is 0 Å². The van der Waals surface area contributed by atoms with Crippen LogP contribution in [0.2, 0.25) is 0 Å². The van der Waals surface area contributed by atoms with Gasteiger partial charge in [0.1, 0.15) is 0 Å². The summed E-state index contributed by atoms with van der Waals surface area (Å²) in [5.41, 5.74) is 12.0. The molecule has 242 valence electrons. The minimum atomic E-state index is 1.18. The molecule has 0 N–H and O–H groups in total. The Kier molecular flexibility index (Phi) is 6.28. The van der Waals surface area contributed by atoms with Crippen LogP contribution in [0, 0.1) is 0 Å². The highest BCUT2D eigenvalue weighted by Gasteiger charge is 2.19. The standard InChI is InChI=1S/C50H32N2/c1-2-14-33(15-3-1)38-18-8-11-23-45(38)51-47-25-13-10-22-42(47)44-30-34(27-29-48(44)51)35-26-28-43-41-21-9-12-24-46(41)52(49(43)31-35)50-32-36-16-4-5-17-37(36)39-19-6-7-20-40(39)50/h1-32H. The Bertz CT molecular complexity index is 3180. The van der Waals surface area contributed by atoms with Crippen molar-refractivity contribution in [2.24, 2.45) is 0 Å². The van der Waals surface area contributed by atoms with Crippen molar-refractivity contribution in [2.45, 2.75) is 0 Å². The number of nitrogens with zero attached hydrogens (tertiary/aromatic N) is 2. The molecule has 2 heterocycles. The van der Waals surface area contributed by atoms with Gasteiger partial charge in [-0.25, -0.2) is 0 Å². The van der Waals surface area contributed by atoms with Gasteiger partial charge in [-0.3, -0.25) is 0 Å². The van der Waals surface area contributed by atoms with Crippen molar-refractivity contribution < 1.29 is 0 Å². The lowest BCUT2D eigenvalue weighted by Gasteiger charge is -2.15. The average molecular weight is 661 g/mol. The second-order valence-corrected chi connectivity index (χ2v) is 13.7. The van der Waals surface area contributed by atoms with Crippen LogP contribution in [0.3, 0.4) is 0 Å². The Morgan fingerprint density at radius 1 is 0.250 bits per heavy atom. The fourth-order valence-electron chi connectivity index (χ4n) is 8.57. The zero-order valence-electron chi connectivity index (χ0n) is 28.4. The SMILES string of the molecule is c1ccc(-c2ccccc2-n2c3ccccc3c3cc(-c4ccc5c6ccccc6n(-c6cc7ccccc7c7ccccc67)c5c4)ccc32)cc1. The van der Waals surface area contributed by atoms with Gasteiger partial charge in [-0.1, -0.05) is 152 Å². The minimum absolute atomic E-state index is 1.18. The molecule has 0 aliphatic carbocycles. The molecule has 0 fully saturated rings. The van der Waals surface area contributed by atoms with Gasteiger partial charge in [-0.15, -0.1) is 0 Å². The molecule has 52 heavy (non-hydrogen) atoms. The summed E-state index contributed by atoms with van der Waals surface area (Å²) in [7, 11) is 0. The third kappa shape index (κ3) is 4.25. The van der Waals surface area contributed by atoms with Gasteiger partial charge in [0.2, 0.25) is 0 Å². The predicted molar refractivity (Wildman–Crippen MR) is 221 cm³/mol. The summed E-state index contributed by atoms with van der Waals surface area (Å²) in [5, 5.41) is 10.1. The molecule has 2 nitrogen and oxygen atoms in total. The van der Waals surface area contributed by atoms with E-state index in [1.165, 1.54) is 98.8 Å². The second-order valence-electron chi connectivity index (χ2n) is 13.7. The highest BCUT2D eigenvalue weighted by atomic mass is 15.0. The molecule has 9 aromatic carbocycles. The average Bonchev–Trinajstić information content (AvgIpc) is 3.73. The molecule has 0 atom stereocenters. The van der Waals surface area contributed by atoms with Crippen molar-refractivity contribution in [1.29, 1.82) is 0 Å². The molecule has 0 unspecified atom stereocenters. The Morgan fingerprint density at radius 2 is 0.788 bits per heavy atom. The monoisotopic (exact) mass is 660 g/mol. The molecule has 11 aromatic rings. The Morgan fingerprint density at radius 3 is 1.60 bits per heavy atom. The molecule has 0 radical (unpaired) electrons. The minimum Gasteiger partial charge on any atom is -0.309 e. The quantitative estimate of drug-likeness (QED) is 0.166. The number of benzene rings is 9. The van der Waals surface area contributed by atoms with E-state index in [0.717, 1.165) is 0 Å². The van der Waals surface area contributed by atoms with E-state index in [1.807, 2.05) is 0 Å². The normalized spacial score (nSPS) is 11.8. The third-order valence-electron chi connectivity index (χ3n) is 10.9. The Hall–Kier alpha value is -6.90. The summed E-state index contributed by atoms with van der Waals surface area (Å²) in [6.45, 7) is 0. The van der Waals surface area contributed by atoms with Crippen molar-refractivity contribution in [3.05, 3.63) is 194 Å². The summed E-state index contributed by atoms with van der Waals surface area (Å²) >= 11 is 0. The molecule has 0 saturated heterocycles. The van der Waals surface area contributed by atoms with E-state index in [0.29, 0.717) is 0 Å². The first-order valence-corrected chi connectivity index (χ1v) is 17.9. The number of hydrogen-bond acceptors (Lipinski definition) is 0. The van der Waals surface area contributed by atoms with E-state index in [1.54, 1.807) is 0 Å². The number of fused-ring (bicyclic) bond motifs is 9. The van der Waals surface area contributed by atoms with Crippen molar-refractivity contribution in [3.63, 3.8) is 0 Å². The maximum Gasteiger partial charge on any atom is 0.0547 e. The molecule has 2 heteroatoms. The third-order valence-corrected chi connectivity index (χ3v) is 10.9. The molecule has 0 spiro atoms. The van der Waals surface area contributed by atoms with Crippen molar-refractivity contribution >= 4 is 65.2 Å². The largest absolute Gasteiger partial charge is 0.309 e. The summed E-state index contributed by atoms with van der Waals surface area (Å²) in [4.78, 5) is 0. The molecular formula is C50H32N2. The maximum absolute atomic E-state index is 2.48. The van der Waals surface area contributed by atoms with Crippen LogP contribution in [0.15, 0.2) is 194 Å². The lowest BCUT2D eigenvalue weighted by molar-refractivity contribution is 1.18. The summed E-state index contributed by atoms with van der Waals surface area (Å²) < 4.78 is 4.91. The van der Waals surface area contributed by atoms with Crippen molar-refractivity contribution in [3.8, 4) is 33.6 Å². The zero-order valence-corrected chi connectivity index (χ0v) is 28.4. The van der Waals surface area contributed by atoms with Gasteiger partial charge in [-0.05, 0) is 75.3 Å². The second kappa shape index (κ2) is 11.3. The fourth-order valence-corrected chi connectivity index (χ4v) is 8.57. The molecule has 11 rings (SSSR count). The highest BCUT2D eigenvalue weighted by molar-refractivity contribution is 6.16. The summed E-state index contributed by atoms with van der Waals surface area (Å²) in [6.07, 6.45) is 0. The molecule has 0 aliphatic heterocycles. The van der Waals surface area contributed by atoms with E-state index in [9.17, 15) is 0 Å². The van der Waals surface area contributed by atoms with Crippen LogP contribution in [0.4, 0.5) is 0 Å². The maximum atomic E-state index is 2.48. The van der Waals surface area contributed by atoms with E-state index in [-0.39, 0.29) is 0 Å². The van der Waals surface area contributed by atoms with Crippen LogP contribution < -0.4 is 0 Å². The van der Waals surface area contributed by atoms with Gasteiger partial charge in [-0.2, -0.15) is 0 Å². The van der Waals surface area contributed by atoms with Gasteiger partial charge in [0.05, 0.1) is 33.4 Å². The number of para-hydroxylation sites is 3. The van der Waals surface area contributed by atoms with E-state index >= 15 is 0 Å². The lowest BCUT2D eigenvalue weighted by atomic mass is 9.99. The first-order chi connectivity index (χ1) is 25.8. The van der Waals surface area contributed by atoms with Gasteiger partial charge in [0.15, 0.2) is 0 Å². The lowest BCUT2D eigenvalue weighted by Crippen LogP contribution is -1.97. The summed E-state index contributed by atoms with van der Waals surface area (Å²) in [5.74, 6) is 0. The first kappa shape index (κ1) is 28.9. The van der Waals surface area contributed by atoms with Gasteiger partial charge < -0.3 is 9.13 Å². The van der Waals surface area contributed by atoms with E-state index in [4.69, 9.17) is 0 Å². The van der Waals surface area contributed by atoms with Crippen LogP contribution in [-0.4, -0.2) is 9.13 Å². The van der Waals surface area contributed by atoms with Crippen LogP contribution >= 0.6 is 0 Å². The van der Waals surface area contributed by atoms with Crippen molar-refractivity contribution in [2.75, 3.05) is 0 Å². The topological polar surface area (TPSA) is 9.86 Å². The van der Waals surface area contributed by atoms with Gasteiger partial charge in [0, 0.05) is 32.5 Å². The molecule has 0 bridgehead atoms. The molecule has 0 aliphatic rings. The Balaban J connectivity index is 1.15. The van der Waals surface area contributed by atoms with E-state index in [2.05, 4.69) is 203 Å². The Labute approximate surface area is 301 Å². The smallest absolute Gasteiger partial charge is 0.0547 e. The zero-order chi connectivity index (χ0) is 34.2. The molecule has 2 aromatic heterocycles. The number of rotatable bonds is 4. The summed E-state index contributed by atoms with van der Waals surface area (Å²) in [6, 6.07) is 71.0.